The summed E-state index contributed by atoms with van der Waals surface area (Å²) in [5.74, 6) is 1.02. The van der Waals surface area contributed by atoms with Crippen molar-refractivity contribution < 1.29 is 22.7 Å². The first kappa shape index (κ1) is 21.8. The fourth-order valence-electron chi connectivity index (χ4n) is 3.36. The highest BCUT2D eigenvalue weighted by atomic mass is 32.2. The van der Waals surface area contributed by atoms with Gasteiger partial charge < -0.3 is 14.4 Å². The molecule has 1 aromatic heterocycles. The highest BCUT2D eigenvalue weighted by Crippen LogP contribution is 2.37. The monoisotopic (exact) mass is 471 g/mol. The molecule has 1 aliphatic heterocycles. The number of amides is 1. The third-order valence-electron chi connectivity index (χ3n) is 4.91. The van der Waals surface area contributed by atoms with Gasteiger partial charge in [0.1, 0.15) is 11.5 Å². The first-order valence-electron chi connectivity index (χ1n) is 9.64. The molecule has 2 aromatic carbocycles. The third kappa shape index (κ3) is 4.19. The third-order valence-corrected chi connectivity index (χ3v) is 7.29. The summed E-state index contributed by atoms with van der Waals surface area (Å²) in [6.07, 6.45) is 1.65. The van der Waals surface area contributed by atoms with Crippen molar-refractivity contribution in [1.82, 2.24) is 4.98 Å². The van der Waals surface area contributed by atoms with Crippen molar-refractivity contribution in [3.05, 3.63) is 60.0 Å². The van der Waals surface area contributed by atoms with Crippen LogP contribution in [0.1, 0.15) is 5.56 Å². The number of rotatable bonds is 7. The van der Waals surface area contributed by atoms with Gasteiger partial charge in [-0.15, -0.1) is 17.9 Å². The van der Waals surface area contributed by atoms with E-state index in [0.717, 1.165) is 5.56 Å². The van der Waals surface area contributed by atoms with Crippen LogP contribution in [0.15, 0.2) is 59.3 Å². The van der Waals surface area contributed by atoms with Crippen molar-refractivity contribution in [2.75, 3.05) is 29.9 Å². The second-order valence-corrected chi connectivity index (χ2v) is 9.55. The van der Waals surface area contributed by atoms with Crippen LogP contribution in [0.25, 0.3) is 11.3 Å². The summed E-state index contributed by atoms with van der Waals surface area (Å²) >= 11 is 1.17. The Bertz CT molecular complexity index is 1300. The molecule has 1 aliphatic rings. The molecule has 0 saturated heterocycles. The first-order chi connectivity index (χ1) is 15.3. The topological polar surface area (TPSA) is 97.8 Å². The maximum Gasteiger partial charge on any atom is 0.265 e. The Morgan fingerprint density at radius 3 is 2.84 bits per heavy atom. The second kappa shape index (κ2) is 8.64. The molecule has 1 N–H and O–H groups in total. The minimum atomic E-state index is -3.82. The lowest BCUT2D eigenvalue weighted by Gasteiger charge is -2.28. The molecule has 4 rings (SSSR count). The molecule has 8 nitrogen and oxygen atoms in total. The zero-order valence-electron chi connectivity index (χ0n) is 17.5. The van der Waals surface area contributed by atoms with Gasteiger partial charge >= 0.3 is 0 Å². The van der Waals surface area contributed by atoms with E-state index in [1.54, 1.807) is 47.5 Å². The maximum atomic E-state index is 12.9. The van der Waals surface area contributed by atoms with Crippen LogP contribution in [-0.2, 0) is 14.8 Å². The van der Waals surface area contributed by atoms with E-state index in [1.807, 2.05) is 6.07 Å². The molecule has 3 aromatic rings. The summed E-state index contributed by atoms with van der Waals surface area (Å²) < 4.78 is 38.9. The van der Waals surface area contributed by atoms with Crippen LogP contribution >= 0.6 is 11.3 Å². The molecule has 32 heavy (non-hydrogen) atoms. The van der Waals surface area contributed by atoms with Gasteiger partial charge in [-0.05, 0) is 48.9 Å². The van der Waals surface area contributed by atoms with Gasteiger partial charge in [-0.1, -0.05) is 6.08 Å². The van der Waals surface area contributed by atoms with Crippen molar-refractivity contribution in [1.29, 1.82) is 0 Å². The van der Waals surface area contributed by atoms with E-state index in [4.69, 9.17) is 9.47 Å². The van der Waals surface area contributed by atoms with Crippen LogP contribution in [0, 0.1) is 6.92 Å². The molecule has 166 valence electrons. The number of ether oxygens (including phenoxy) is 2. The van der Waals surface area contributed by atoms with Crippen molar-refractivity contribution >= 4 is 38.1 Å². The van der Waals surface area contributed by atoms with Crippen LogP contribution in [0.2, 0.25) is 0 Å². The minimum Gasteiger partial charge on any atom is -0.497 e. The number of aryl methyl sites for hydroxylation is 1. The van der Waals surface area contributed by atoms with E-state index >= 15 is 0 Å². The molecular formula is C22H21N3O5S2. The number of nitrogens with zero attached hydrogens (tertiary/aromatic N) is 2. The summed E-state index contributed by atoms with van der Waals surface area (Å²) in [6.45, 7) is 5.75. The van der Waals surface area contributed by atoms with Gasteiger partial charge in [0, 0.05) is 17.5 Å². The molecule has 0 atom stereocenters. The van der Waals surface area contributed by atoms with Crippen molar-refractivity contribution in [3.63, 3.8) is 0 Å². The SMILES string of the molecule is C=CCN1C(=O)COc2ccc(-c3csc(NS(=O)(=O)c4ccc(OC)cc4C)n3)cc21. The summed E-state index contributed by atoms with van der Waals surface area (Å²) in [7, 11) is -2.29. The lowest BCUT2D eigenvalue weighted by molar-refractivity contribution is -0.121. The average molecular weight is 472 g/mol. The van der Waals surface area contributed by atoms with Crippen LogP contribution in [0.3, 0.4) is 0 Å². The Labute approximate surface area is 190 Å². The summed E-state index contributed by atoms with van der Waals surface area (Å²) in [4.78, 5) is 18.4. The van der Waals surface area contributed by atoms with E-state index < -0.39 is 10.0 Å². The number of carbonyl (C=O) groups excluding carboxylic acids is 1. The largest absolute Gasteiger partial charge is 0.497 e. The molecule has 0 spiro atoms. The van der Waals surface area contributed by atoms with Gasteiger partial charge in [0.15, 0.2) is 11.7 Å². The van der Waals surface area contributed by atoms with Crippen LogP contribution in [0.5, 0.6) is 11.5 Å². The number of aromatic nitrogens is 1. The fourth-order valence-corrected chi connectivity index (χ4v) is 5.56. The number of sulfonamides is 1. The van der Waals surface area contributed by atoms with Gasteiger partial charge in [-0.2, -0.15) is 0 Å². The lowest BCUT2D eigenvalue weighted by atomic mass is 10.1. The smallest absolute Gasteiger partial charge is 0.265 e. The maximum absolute atomic E-state index is 12.9. The van der Waals surface area contributed by atoms with Gasteiger partial charge in [-0.3, -0.25) is 9.52 Å². The number of methoxy groups -OCH3 is 1. The minimum absolute atomic E-state index is 0.0202. The molecular weight excluding hydrogens is 450 g/mol. The Morgan fingerprint density at radius 1 is 1.31 bits per heavy atom. The zero-order chi connectivity index (χ0) is 22.9. The highest BCUT2D eigenvalue weighted by molar-refractivity contribution is 7.93. The van der Waals surface area contributed by atoms with Crippen LogP contribution < -0.4 is 19.1 Å². The van der Waals surface area contributed by atoms with Crippen LogP contribution in [-0.4, -0.2) is 39.6 Å². The highest BCUT2D eigenvalue weighted by Gasteiger charge is 2.25. The van der Waals surface area contributed by atoms with Crippen molar-refractivity contribution in [2.24, 2.45) is 0 Å². The van der Waals surface area contributed by atoms with E-state index in [1.165, 1.54) is 24.5 Å². The van der Waals surface area contributed by atoms with E-state index in [0.29, 0.717) is 35.0 Å². The normalized spacial score (nSPS) is 13.3. The number of benzene rings is 2. The molecule has 0 radical (unpaired) electrons. The number of hydrogen-bond donors (Lipinski definition) is 1. The number of fused-ring (bicyclic) bond motifs is 1. The van der Waals surface area contributed by atoms with Crippen molar-refractivity contribution in [2.45, 2.75) is 11.8 Å². The predicted octanol–water partition coefficient (Wildman–Crippen LogP) is 3.84. The van der Waals surface area contributed by atoms with E-state index in [-0.39, 0.29) is 22.5 Å². The summed E-state index contributed by atoms with van der Waals surface area (Å²) in [5, 5.41) is 1.99. The van der Waals surface area contributed by atoms with E-state index in [9.17, 15) is 13.2 Å². The first-order valence-corrected chi connectivity index (χ1v) is 12.0. The number of thiazole rings is 1. The Balaban J connectivity index is 1.61. The number of carbonyl (C=O) groups is 1. The second-order valence-electron chi connectivity index (χ2n) is 7.04. The predicted molar refractivity (Wildman–Crippen MR) is 124 cm³/mol. The van der Waals surface area contributed by atoms with Gasteiger partial charge in [0.25, 0.3) is 15.9 Å². The summed E-state index contributed by atoms with van der Waals surface area (Å²) in [6, 6.07) is 10.2. The van der Waals surface area contributed by atoms with E-state index in [2.05, 4.69) is 16.3 Å². The fraction of sp³-hybridized carbons (Fsp3) is 0.182. The number of nitrogens with one attached hydrogen (secondary N) is 1. The Hall–Kier alpha value is -3.37. The molecule has 0 unspecified atom stereocenters. The standard InChI is InChI=1S/C22H21N3O5S2/c1-4-9-25-18-11-15(5-7-19(18)30-12-21(25)26)17-13-31-22(23-17)24-32(27,28)20-8-6-16(29-3)10-14(20)2/h4-8,10-11,13H,1,9,12H2,2-3H3,(H,23,24). The Kier molecular flexibility index (Phi) is 5.90. The zero-order valence-corrected chi connectivity index (χ0v) is 19.1. The van der Waals surface area contributed by atoms with Crippen LogP contribution in [0.4, 0.5) is 10.8 Å². The molecule has 10 heteroatoms. The number of hydrogen-bond acceptors (Lipinski definition) is 7. The quantitative estimate of drug-likeness (QED) is 0.526. The number of anilines is 2. The van der Waals surface area contributed by atoms with Gasteiger partial charge in [0.05, 0.1) is 23.4 Å². The molecule has 1 amide bonds. The Morgan fingerprint density at radius 2 is 2.12 bits per heavy atom. The molecule has 0 saturated carbocycles. The van der Waals surface area contributed by atoms with Gasteiger partial charge in [-0.25, -0.2) is 13.4 Å². The molecule has 0 fully saturated rings. The lowest BCUT2D eigenvalue weighted by Crippen LogP contribution is -2.38. The molecule has 2 heterocycles. The molecule has 0 aliphatic carbocycles. The molecule has 0 bridgehead atoms. The average Bonchev–Trinajstić information content (AvgIpc) is 3.22. The summed E-state index contributed by atoms with van der Waals surface area (Å²) in [5.41, 5.74) is 2.51. The van der Waals surface area contributed by atoms with Crippen molar-refractivity contribution in [3.8, 4) is 22.8 Å². The van der Waals surface area contributed by atoms with Gasteiger partial charge in [0.2, 0.25) is 0 Å².